The summed E-state index contributed by atoms with van der Waals surface area (Å²) in [4.78, 5) is 28.9. The van der Waals surface area contributed by atoms with Crippen molar-refractivity contribution in [1.29, 1.82) is 0 Å². The lowest BCUT2D eigenvalue weighted by Crippen LogP contribution is -2.50. The number of pyridine rings is 1. The Labute approximate surface area is 174 Å². The number of carbonyl (C=O) groups is 1. The summed E-state index contributed by atoms with van der Waals surface area (Å²) in [5, 5.41) is 0. The average Bonchev–Trinajstić information content (AvgIpc) is 3.19. The zero-order valence-electron chi connectivity index (χ0n) is 16.7. The quantitative estimate of drug-likeness (QED) is 0.771. The smallest absolute Gasteiger partial charge is 0.409 e. The number of nitrogens with one attached hydrogen (secondary N) is 1. The van der Waals surface area contributed by atoms with Crippen LogP contribution in [-0.4, -0.2) is 61.5 Å². The van der Waals surface area contributed by atoms with Crippen LogP contribution < -0.4 is 5.56 Å². The summed E-state index contributed by atoms with van der Waals surface area (Å²) >= 11 is 1.18. The van der Waals surface area contributed by atoms with Crippen molar-refractivity contribution in [2.45, 2.75) is 31.4 Å². The third kappa shape index (κ3) is 4.39. The molecule has 3 rings (SSSR count). The molecule has 1 amide bonds. The summed E-state index contributed by atoms with van der Waals surface area (Å²) in [6, 6.07) is 5.20. The molecule has 29 heavy (non-hydrogen) atoms. The molecule has 0 radical (unpaired) electrons. The molecule has 1 aliphatic rings. The number of H-pyrrole nitrogens is 1. The van der Waals surface area contributed by atoms with Crippen molar-refractivity contribution in [1.82, 2.24) is 14.2 Å². The molecule has 0 saturated carbocycles. The van der Waals surface area contributed by atoms with Gasteiger partial charge in [0.1, 0.15) is 4.21 Å². The molecule has 1 aliphatic heterocycles. The van der Waals surface area contributed by atoms with E-state index in [-0.39, 0.29) is 22.9 Å². The second-order valence-electron chi connectivity index (χ2n) is 6.72. The van der Waals surface area contributed by atoms with Crippen LogP contribution in [0.2, 0.25) is 0 Å². The fraction of sp³-hybridized carbons (Fsp3) is 0.474. The van der Waals surface area contributed by atoms with Crippen molar-refractivity contribution in [3.63, 3.8) is 0 Å². The first-order chi connectivity index (χ1) is 13.8. The van der Waals surface area contributed by atoms with Gasteiger partial charge in [0.25, 0.3) is 15.6 Å². The number of rotatable bonds is 5. The highest BCUT2D eigenvalue weighted by molar-refractivity contribution is 7.91. The fourth-order valence-corrected chi connectivity index (χ4v) is 6.20. The van der Waals surface area contributed by atoms with Gasteiger partial charge in [-0.25, -0.2) is 13.2 Å². The van der Waals surface area contributed by atoms with Gasteiger partial charge in [0.05, 0.1) is 6.61 Å². The second kappa shape index (κ2) is 8.68. The number of piperazine rings is 1. The number of aryl methyl sites for hydroxylation is 2. The van der Waals surface area contributed by atoms with E-state index in [0.29, 0.717) is 37.4 Å². The van der Waals surface area contributed by atoms with Crippen molar-refractivity contribution < 1.29 is 17.9 Å². The molecular weight excluding hydrogens is 414 g/mol. The highest BCUT2D eigenvalue weighted by atomic mass is 32.2. The Bertz CT molecular complexity index is 1050. The molecule has 0 aliphatic carbocycles. The number of nitrogens with zero attached hydrogens (tertiary/aromatic N) is 2. The minimum atomic E-state index is -3.65. The van der Waals surface area contributed by atoms with Crippen molar-refractivity contribution in [2.24, 2.45) is 0 Å². The van der Waals surface area contributed by atoms with Gasteiger partial charge in [-0.2, -0.15) is 4.31 Å². The number of hydrogen-bond donors (Lipinski definition) is 1. The summed E-state index contributed by atoms with van der Waals surface area (Å²) in [6.07, 6.45) is 0.187. The molecule has 0 atom stereocenters. The first-order valence-corrected chi connectivity index (χ1v) is 11.8. The van der Waals surface area contributed by atoms with Gasteiger partial charge in [0, 0.05) is 47.9 Å². The Morgan fingerprint density at radius 3 is 2.52 bits per heavy atom. The van der Waals surface area contributed by atoms with Gasteiger partial charge in [-0.1, -0.05) is 6.92 Å². The molecule has 2 aromatic heterocycles. The molecule has 2 aromatic rings. The maximum atomic E-state index is 13.0. The first kappa shape index (κ1) is 21.5. The van der Waals surface area contributed by atoms with E-state index in [9.17, 15) is 18.0 Å². The summed E-state index contributed by atoms with van der Waals surface area (Å²) in [6.45, 7) is 6.80. The van der Waals surface area contributed by atoms with Gasteiger partial charge >= 0.3 is 6.09 Å². The van der Waals surface area contributed by atoms with Crippen LogP contribution >= 0.6 is 11.3 Å². The van der Waals surface area contributed by atoms with Crippen LogP contribution in [-0.2, 0) is 21.2 Å². The normalized spacial score (nSPS) is 15.5. The maximum absolute atomic E-state index is 13.0. The molecule has 0 unspecified atom stereocenters. The highest BCUT2D eigenvalue weighted by Crippen LogP contribution is 2.33. The Hall–Kier alpha value is -2.17. The number of aromatic nitrogens is 1. The Kier molecular flexibility index (Phi) is 6.45. The molecule has 3 heterocycles. The molecule has 1 saturated heterocycles. The molecule has 0 bridgehead atoms. The van der Waals surface area contributed by atoms with Crippen LogP contribution in [0.3, 0.4) is 0 Å². The molecule has 158 valence electrons. The van der Waals surface area contributed by atoms with Crippen molar-refractivity contribution >= 4 is 27.5 Å². The minimum Gasteiger partial charge on any atom is -0.450 e. The molecule has 10 heteroatoms. The predicted octanol–water partition coefficient (Wildman–Crippen LogP) is 2.44. The van der Waals surface area contributed by atoms with E-state index in [1.165, 1.54) is 20.5 Å². The summed E-state index contributed by atoms with van der Waals surface area (Å²) in [5.41, 5.74) is 2.09. The molecule has 1 N–H and O–H groups in total. The summed E-state index contributed by atoms with van der Waals surface area (Å²) < 4.78 is 32.7. The van der Waals surface area contributed by atoms with Gasteiger partial charge in [0.15, 0.2) is 0 Å². The molecule has 0 aromatic carbocycles. The van der Waals surface area contributed by atoms with Crippen LogP contribution in [0.1, 0.15) is 25.1 Å². The third-order valence-electron chi connectivity index (χ3n) is 4.90. The number of ether oxygens (including phenoxy) is 1. The fourth-order valence-electron chi connectivity index (χ4n) is 3.24. The van der Waals surface area contributed by atoms with Gasteiger partial charge < -0.3 is 14.6 Å². The lowest BCUT2D eigenvalue weighted by atomic mass is 10.1. The van der Waals surface area contributed by atoms with Crippen LogP contribution in [0.4, 0.5) is 4.79 Å². The SMILES string of the molecule is CCOC(=O)N1CCN(S(=O)(=O)c2ccc(-c3cc(CC)c(=O)[nH]c3C)s2)CC1. The van der Waals surface area contributed by atoms with Crippen molar-refractivity contribution in [3.8, 4) is 10.4 Å². The van der Waals surface area contributed by atoms with Crippen molar-refractivity contribution in [2.75, 3.05) is 32.8 Å². The predicted molar refractivity (Wildman–Crippen MR) is 112 cm³/mol. The topological polar surface area (TPSA) is 99.8 Å². The van der Waals surface area contributed by atoms with Crippen LogP contribution in [0.5, 0.6) is 0 Å². The number of hydrogen-bond acceptors (Lipinski definition) is 6. The molecular formula is C19H25N3O5S2. The number of thiophene rings is 1. The third-order valence-corrected chi connectivity index (χ3v) is 8.39. The lowest BCUT2D eigenvalue weighted by Gasteiger charge is -2.32. The van der Waals surface area contributed by atoms with Crippen molar-refractivity contribution in [3.05, 3.63) is 39.8 Å². The Morgan fingerprint density at radius 2 is 1.90 bits per heavy atom. The van der Waals surface area contributed by atoms with E-state index in [1.54, 1.807) is 26.0 Å². The molecule has 8 nitrogen and oxygen atoms in total. The zero-order chi connectivity index (χ0) is 21.2. The standard InChI is InChI=1S/C19H25N3O5S2/c1-4-14-12-15(13(3)20-18(14)23)16-6-7-17(28-16)29(25,26)22-10-8-21(9-11-22)19(24)27-5-2/h6-7,12H,4-5,8-11H2,1-3H3,(H,20,23). The van der Waals surface area contributed by atoms with Gasteiger partial charge in [0.2, 0.25) is 0 Å². The zero-order valence-corrected chi connectivity index (χ0v) is 18.4. The van der Waals surface area contributed by atoms with Crippen LogP contribution in [0.15, 0.2) is 27.2 Å². The van der Waals surface area contributed by atoms with Crippen LogP contribution in [0.25, 0.3) is 10.4 Å². The van der Waals surface area contributed by atoms with Gasteiger partial charge in [-0.3, -0.25) is 4.79 Å². The number of sulfonamides is 1. The average molecular weight is 440 g/mol. The van der Waals surface area contributed by atoms with E-state index in [4.69, 9.17) is 4.74 Å². The summed E-state index contributed by atoms with van der Waals surface area (Å²) in [7, 11) is -3.65. The lowest BCUT2D eigenvalue weighted by molar-refractivity contribution is 0.0934. The van der Waals surface area contributed by atoms with E-state index in [0.717, 1.165) is 10.4 Å². The van der Waals surface area contributed by atoms with E-state index in [2.05, 4.69) is 4.98 Å². The van der Waals surface area contributed by atoms with E-state index in [1.807, 2.05) is 13.0 Å². The monoisotopic (exact) mass is 439 g/mol. The van der Waals surface area contributed by atoms with Gasteiger partial charge in [-0.15, -0.1) is 11.3 Å². The minimum absolute atomic E-state index is 0.113. The van der Waals surface area contributed by atoms with E-state index >= 15 is 0 Å². The highest BCUT2D eigenvalue weighted by Gasteiger charge is 2.31. The van der Waals surface area contributed by atoms with Crippen LogP contribution in [0, 0.1) is 6.92 Å². The Balaban J connectivity index is 1.80. The van der Waals surface area contributed by atoms with Gasteiger partial charge in [-0.05, 0) is 38.5 Å². The molecule has 0 spiro atoms. The number of aromatic amines is 1. The largest absolute Gasteiger partial charge is 0.450 e. The van der Waals surface area contributed by atoms with E-state index < -0.39 is 16.1 Å². The maximum Gasteiger partial charge on any atom is 0.409 e. The first-order valence-electron chi connectivity index (χ1n) is 9.52. The molecule has 1 fully saturated rings. The second-order valence-corrected chi connectivity index (χ2v) is 9.97. The Morgan fingerprint density at radius 1 is 1.21 bits per heavy atom. The summed E-state index contributed by atoms with van der Waals surface area (Å²) in [5.74, 6) is 0. The number of carbonyl (C=O) groups excluding carboxylic acids is 1. The number of amides is 1.